The number of benzene rings is 1. The number of carbonyl (C=O) groups excluding carboxylic acids is 1. The number of nitrogens with zero attached hydrogens (tertiary/aromatic N) is 2. The van der Waals surface area contributed by atoms with Crippen LogP contribution in [0.5, 0.6) is 0 Å². The van der Waals surface area contributed by atoms with E-state index in [4.69, 9.17) is 11.6 Å². The molecule has 0 atom stereocenters. The third-order valence-electron chi connectivity index (χ3n) is 2.34. The number of anilines is 2. The van der Waals surface area contributed by atoms with Gasteiger partial charge in [-0.15, -0.1) is 0 Å². The molecule has 7 nitrogen and oxygen atoms in total. The van der Waals surface area contributed by atoms with Gasteiger partial charge in [-0.25, -0.2) is 4.79 Å². The summed E-state index contributed by atoms with van der Waals surface area (Å²) < 4.78 is 0. The normalized spacial score (nSPS) is 9.85. The molecule has 1 aromatic carbocycles. The number of hydrogen-bond donors (Lipinski definition) is 2. The highest BCUT2D eigenvalue weighted by molar-refractivity contribution is 6.32. The second-order valence-electron chi connectivity index (χ2n) is 3.74. The summed E-state index contributed by atoms with van der Waals surface area (Å²) in [5, 5.41) is 15.8. The van der Waals surface area contributed by atoms with Crippen LogP contribution < -0.4 is 10.6 Å². The molecule has 0 saturated heterocycles. The van der Waals surface area contributed by atoms with Crippen molar-refractivity contribution in [3.63, 3.8) is 0 Å². The number of halogens is 1. The van der Waals surface area contributed by atoms with Gasteiger partial charge in [0, 0.05) is 29.8 Å². The molecule has 0 fully saturated rings. The molecule has 0 aliphatic carbocycles. The van der Waals surface area contributed by atoms with E-state index >= 15 is 0 Å². The zero-order valence-corrected chi connectivity index (χ0v) is 10.8. The van der Waals surface area contributed by atoms with E-state index in [1.54, 1.807) is 12.1 Å². The van der Waals surface area contributed by atoms with Gasteiger partial charge in [0.05, 0.1) is 4.92 Å². The summed E-state index contributed by atoms with van der Waals surface area (Å²) in [7, 11) is 0. The van der Waals surface area contributed by atoms with Gasteiger partial charge in [0.2, 0.25) is 0 Å². The lowest BCUT2D eigenvalue weighted by atomic mass is 10.3. The average Bonchev–Trinajstić information content (AvgIpc) is 2.41. The van der Waals surface area contributed by atoms with Crippen molar-refractivity contribution in [3.8, 4) is 0 Å². The minimum atomic E-state index is -0.617. The fourth-order valence-electron chi connectivity index (χ4n) is 1.46. The Balaban J connectivity index is 2.08. The molecular formula is C12H9ClN4O3. The summed E-state index contributed by atoms with van der Waals surface area (Å²) in [5.41, 5.74) is 0.557. The van der Waals surface area contributed by atoms with E-state index in [0.717, 1.165) is 0 Å². The van der Waals surface area contributed by atoms with Crippen LogP contribution in [0.25, 0.3) is 0 Å². The predicted molar refractivity (Wildman–Crippen MR) is 75.0 cm³/mol. The molecule has 2 N–H and O–H groups in total. The van der Waals surface area contributed by atoms with Gasteiger partial charge in [0.1, 0.15) is 5.02 Å². The number of aromatic nitrogens is 1. The molecule has 0 bridgehead atoms. The first kappa shape index (κ1) is 13.8. The van der Waals surface area contributed by atoms with E-state index < -0.39 is 11.0 Å². The molecule has 0 radical (unpaired) electrons. The van der Waals surface area contributed by atoms with Gasteiger partial charge in [0.25, 0.3) is 5.69 Å². The van der Waals surface area contributed by atoms with Crippen molar-refractivity contribution in [1.29, 1.82) is 0 Å². The van der Waals surface area contributed by atoms with Crippen molar-refractivity contribution in [3.05, 3.63) is 57.9 Å². The summed E-state index contributed by atoms with van der Waals surface area (Å²) in [5.74, 6) is 0. The molecule has 1 heterocycles. The quantitative estimate of drug-likeness (QED) is 0.670. The molecule has 2 rings (SSSR count). The van der Waals surface area contributed by atoms with Crippen molar-refractivity contribution >= 4 is 34.7 Å². The summed E-state index contributed by atoms with van der Waals surface area (Å²) in [6.45, 7) is 0. The molecule has 8 heteroatoms. The Labute approximate surface area is 118 Å². The van der Waals surface area contributed by atoms with Crippen LogP contribution in [0.15, 0.2) is 42.7 Å². The van der Waals surface area contributed by atoms with Crippen LogP contribution in [-0.2, 0) is 0 Å². The third-order valence-corrected chi connectivity index (χ3v) is 2.66. The van der Waals surface area contributed by atoms with Crippen molar-refractivity contribution in [2.75, 3.05) is 10.6 Å². The van der Waals surface area contributed by atoms with Crippen LogP contribution in [0.3, 0.4) is 0 Å². The maximum Gasteiger partial charge on any atom is 0.323 e. The van der Waals surface area contributed by atoms with Gasteiger partial charge in [-0.2, -0.15) is 0 Å². The number of hydrogen-bond acceptors (Lipinski definition) is 4. The highest BCUT2D eigenvalue weighted by atomic mass is 35.5. The highest BCUT2D eigenvalue weighted by Crippen LogP contribution is 2.27. The number of nitrogens with one attached hydrogen (secondary N) is 2. The largest absolute Gasteiger partial charge is 0.323 e. The SMILES string of the molecule is O=C(Nc1ccncc1)Nc1ccc(Cl)c([N+](=O)[O-])c1. The maximum absolute atomic E-state index is 11.7. The standard InChI is InChI=1S/C12H9ClN4O3/c13-10-2-1-9(7-11(10)17(19)20)16-12(18)15-8-3-5-14-6-4-8/h1-7H,(H2,14,15,16,18). The molecule has 2 aromatic rings. The van der Waals surface area contributed by atoms with Crippen LogP contribution in [0.4, 0.5) is 21.9 Å². The van der Waals surface area contributed by atoms with E-state index in [-0.39, 0.29) is 16.4 Å². The highest BCUT2D eigenvalue weighted by Gasteiger charge is 2.13. The van der Waals surface area contributed by atoms with Crippen LogP contribution >= 0.6 is 11.6 Å². The smallest absolute Gasteiger partial charge is 0.308 e. The zero-order chi connectivity index (χ0) is 14.5. The van der Waals surface area contributed by atoms with E-state index in [9.17, 15) is 14.9 Å². The number of pyridine rings is 1. The number of urea groups is 1. The topological polar surface area (TPSA) is 97.2 Å². The fourth-order valence-corrected chi connectivity index (χ4v) is 1.65. The fraction of sp³-hybridized carbons (Fsp3) is 0. The van der Waals surface area contributed by atoms with E-state index in [2.05, 4.69) is 15.6 Å². The van der Waals surface area contributed by atoms with Crippen molar-refractivity contribution < 1.29 is 9.72 Å². The summed E-state index contributed by atoms with van der Waals surface area (Å²) >= 11 is 5.68. The maximum atomic E-state index is 11.7. The molecule has 0 aliphatic heterocycles. The summed E-state index contributed by atoms with van der Waals surface area (Å²) in [4.78, 5) is 25.6. The first-order chi connectivity index (χ1) is 9.56. The zero-order valence-electron chi connectivity index (χ0n) is 10.0. The van der Waals surface area contributed by atoms with E-state index in [1.807, 2.05) is 0 Å². The number of nitro groups is 1. The molecule has 102 valence electrons. The van der Waals surface area contributed by atoms with Gasteiger partial charge in [-0.05, 0) is 24.3 Å². The second kappa shape index (κ2) is 5.98. The van der Waals surface area contributed by atoms with E-state index in [0.29, 0.717) is 5.69 Å². The van der Waals surface area contributed by atoms with Gasteiger partial charge >= 0.3 is 6.03 Å². The Morgan fingerprint density at radius 3 is 2.45 bits per heavy atom. The van der Waals surface area contributed by atoms with Crippen molar-refractivity contribution in [2.45, 2.75) is 0 Å². The van der Waals surface area contributed by atoms with Gasteiger partial charge in [0.15, 0.2) is 0 Å². The van der Waals surface area contributed by atoms with Crippen molar-refractivity contribution in [1.82, 2.24) is 4.98 Å². The number of amides is 2. The Kier molecular flexibility index (Phi) is 4.11. The van der Waals surface area contributed by atoms with Crippen LogP contribution in [-0.4, -0.2) is 15.9 Å². The Morgan fingerprint density at radius 1 is 1.15 bits per heavy atom. The van der Waals surface area contributed by atoms with Gasteiger partial charge < -0.3 is 10.6 Å². The molecule has 1 aromatic heterocycles. The average molecular weight is 293 g/mol. The van der Waals surface area contributed by atoms with Crippen LogP contribution in [0.2, 0.25) is 5.02 Å². The van der Waals surface area contributed by atoms with Crippen LogP contribution in [0.1, 0.15) is 0 Å². The third kappa shape index (κ3) is 3.42. The first-order valence-electron chi connectivity index (χ1n) is 5.48. The van der Waals surface area contributed by atoms with Crippen molar-refractivity contribution in [2.24, 2.45) is 0 Å². The second-order valence-corrected chi connectivity index (χ2v) is 4.15. The summed E-state index contributed by atoms with van der Waals surface area (Å²) in [6.07, 6.45) is 3.06. The Morgan fingerprint density at radius 2 is 1.80 bits per heavy atom. The first-order valence-corrected chi connectivity index (χ1v) is 5.86. The molecular weight excluding hydrogens is 284 g/mol. The lowest BCUT2D eigenvalue weighted by molar-refractivity contribution is -0.384. The van der Waals surface area contributed by atoms with Gasteiger partial charge in [-0.1, -0.05) is 11.6 Å². The number of rotatable bonds is 3. The molecule has 0 spiro atoms. The lowest BCUT2D eigenvalue weighted by Crippen LogP contribution is -2.19. The molecule has 0 unspecified atom stereocenters. The summed E-state index contributed by atoms with van der Waals surface area (Å²) in [6, 6.07) is 6.72. The minimum Gasteiger partial charge on any atom is -0.308 e. The number of nitro benzene ring substituents is 1. The Bertz CT molecular complexity index is 648. The molecule has 2 amide bonds. The molecule has 0 saturated carbocycles. The van der Waals surface area contributed by atoms with Gasteiger partial charge in [-0.3, -0.25) is 15.1 Å². The molecule has 0 aliphatic rings. The minimum absolute atomic E-state index is 0.00934. The molecule has 20 heavy (non-hydrogen) atoms. The monoisotopic (exact) mass is 292 g/mol. The lowest BCUT2D eigenvalue weighted by Gasteiger charge is -2.07. The predicted octanol–water partition coefficient (Wildman–Crippen LogP) is 3.29. The van der Waals surface area contributed by atoms with E-state index in [1.165, 1.54) is 30.6 Å². The Hall–Kier alpha value is -2.67. The number of carbonyl (C=O) groups is 1. The van der Waals surface area contributed by atoms with Crippen LogP contribution in [0, 0.1) is 10.1 Å².